The summed E-state index contributed by atoms with van der Waals surface area (Å²) in [7, 11) is 0. The topological polar surface area (TPSA) is 0 Å². The molecule has 0 nitrogen and oxygen atoms in total. The molecule has 0 saturated carbocycles. The molecule has 0 amide bonds. The Hall–Kier alpha value is 4.77. The summed E-state index contributed by atoms with van der Waals surface area (Å²) in [6.07, 6.45) is 9.90. The molecule has 0 aromatic heterocycles. The van der Waals surface area contributed by atoms with Gasteiger partial charge in [0.1, 0.15) is 0 Å². The van der Waals surface area contributed by atoms with E-state index in [9.17, 15) is 0 Å². The number of hydrogen-bond donors (Lipinski definition) is 0. The fourth-order valence-electron chi connectivity index (χ4n) is 0. The molecule has 0 unspecified atom stereocenters. The molecule has 0 aliphatic heterocycles. The summed E-state index contributed by atoms with van der Waals surface area (Å²) in [5, 5.41) is 0. The van der Waals surface area contributed by atoms with Gasteiger partial charge in [0.05, 0.1) is 0 Å². The minimum atomic E-state index is -0.931. The molecule has 0 aliphatic carbocycles. The molecule has 0 aromatic rings. The molecule has 6 heteroatoms. The Morgan fingerprint density at radius 1 is 1.17 bits per heavy atom. The van der Waals surface area contributed by atoms with Gasteiger partial charge in [-0.2, -0.15) is 0 Å². The van der Waals surface area contributed by atoms with Crippen LogP contribution in [0.4, 0.5) is 0 Å². The van der Waals surface area contributed by atoms with E-state index < -0.39 is 30.8 Å². The monoisotopic (exact) mass is 210 g/mol. The van der Waals surface area contributed by atoms with E-state index in [0.29, 0.717) is 0 Å². The van der Waals surface area contributed by atoms with Crippen molar-refractivity contribution < 1.29 is 0 Å². The molecule has 6 heavy (non-hydrogen) atoms. The van der Waals surface area contributed by atoms with Crippen LogP contribution in [-0.4, -0.2) is 112 Å². The van der Waals surface area contributed by atoms with Gasteiger partial charge < -0.3 is 0 Å². The summed E-state index contributed by atoms with van der Waals surface area (Å²) in [6.45, 7) is 0. The van der Waals surface area contributed by atoms with E-state index in [0.717, 1.165) is 0 Å². The van der Waals surface area contributed by atoms with Gasteiger partial charge >= 0.3 is 125 Å². The Balaban J connectivity index is -0.00000000667. The van der Waals surface area contributed by atoms with Crippen LogP contribution in [0, 0.1) is 0 Å². The van der Waals surface area contributed by atoms with Crippen LogP contribution in [0.15, 0.2) is 0 Å². The Kier molecular flexibility index (Phi) is 84.4. The van der Waals surface area contributed by atoms with E-state index >= 15 is 0 Å². The quantitative estimate of drug-likeness (QED) is 0.500. The third-order valence-corrected chi connectivity index (χ3v) is 0. The zero-order chi connectivity index (χ0) is 2.71. The molecule has 0 bridgehead atoms. The molecule has 28 valence electrons. The molecule has 0 spiro atoms. The van der Waals surface area contributed by atoms with Gasteiger partial charge in [0.15, 0.2) is 0 Å². The third kappa shape index (κ3) is 23.3. The summed E-state index contributed by atoms with van der Waals surface area (Å²) in [4.78, 5) is 0. The van der Waals surface area contributed by atoms with Crippen molar-refractivity contribution in [2.75, 3.05) is 0 Å². The van der Waals surface area contributed by atoms with Crippen LogP contribution in [0.5, 0.6) is 0 Å². The molecule has 0 heterocycles. The van der Waals surface area contributed by atoms with Crippen LogP contribution in [0.3, 0.4) is 0 Å². The SMILES string of the molecule is Cl.[Cl][Ca][Cl].[KH].[NaH]. The fourth-order valence-corrected chi connectivity index (χ4v) is 0. The molecule has 0 aliphatic rings. The Bertz CT molecular complexity index is 10.8. The third-order valence-electron chi connectivity index (χ3n) is 0. The van der Waals surface area contributed by atoms with Crippen LogP contribution in [0.2, 0.25) is 0 Å². The molecule has 0 radical (unpaired) electrons. The van der Waals surface area contributed by atoms with Crippen molar-refractivity contribution in [1.82, 2.24) is 0 Å². The summed E-state index contributed by atoms with van der Waals surface area (Å²) in [5.74, 6) is 0. The van der Waals surface area contributed by atoms with Gasteiger partial charge in [0.2, 0.25) is 0 Å². The van der Waals surface area contributed by atoms with Crippen molar-refractivity contribution in [2.24, 2.45) is 0 Å². The second-order valence-electron chi connectivity index (χ2n) is 0.101. The standard InChI is InChI=1S/Ca.3ClH.K.Na.2H/h;3*1H;;;;/q+2;;;;;;;/p-2. The van der Waals surface area contributed by atoms with Crippen molar-refractivity contribution in [1.29, 1.82) is 0 Å². The molecule has 0 fully saturated rings. The average molecular weight is 212 g/mol. The van der Waals surface area contributed by atoms with Gasteiger partial charge in [0, 0.05) is 0 Å². The van der Waals surface area contributed by atoms with Gasteiger partial charge in [0.25, 0.3) is 0 Å². The minimum absolute atomic E-state index is 0. The van der Waals surface area contributed by atoms with Crippen LogP contribution < -0.4 is 0 Å². The maximum absolute atomic E-state index is 4.95. The number of hydrogen-bond acceptors (Lipinski definition) is 0. The summed E-state index contributed by atoms with van der Waals surface area (Å²) in [5.41, 5.74) is 0. The van der Waals surface area contributed by atoms with Gasteiger partial charge in [-0.3, -0.25) is 0 Å². The first kappa shape index (κ1) is 22.4. The van der Waals surface area contributed by atoms with E-state index in [-0.39, 0.29) is 93.3 Å². The van der Waals surface area contributed by atoms with Gasteiger partial charge in [-0.1, -0.05) is 0 Å². The van der Waals surface area contributed by atoms with Crippen molar-refractivity contribution in [2.45, 2.75) is 0 Å². The van der Waals surface area contributed by atoms with E-state index in [1.165, 1.54) is 0 Å². The van der Waals surface area contributed by atoms with Crippen molar-refractivity contribution in [3.05, 3.63) is 0 Å². The van der Waals surface area contributed by atoms with E-state index in [1.807, 2.05) is 0 Å². The molecular formula is H3CaCl3KNa. The molecule has 0 N–H and O–H groups in total. The predicted molar refractivity (Wildman–Crippen MR) is 39.0 cm³/mol. The summed E-state index contributed by atoms with van der Waals surface area (Å²) < 4.78 is 0. The molecule has 0 aromatic carbocycles. The summed E-state index contributed by atoms with van der Waals surface area (Å²) in [6, 6.07) is 0. The van der Waals surface area contributed by atoms with Gasteiger partial charge in [-0.05, 0) is 0 Å². The first-order chi connectivity index (χ1) is 1.41. The molecule has 0 atom stereocenters. The molecule has 0 saturated heterocycles. The van der Waals surface area contributed by atoms with Crippen LogP contribution >= 0.6 is 25.2 Å². The van der Waals surface area contributed by atoms with Crippen LogP contribution in [-0.2, 0) is 0 Å². The number of rotatable bonds is 0. The Labute approximate surface area is 132 Å². The molecule has 0 rings (SSSR count). The van der Waals surface area contributed by atoms with E-state index in [1.54, 1.807) is 0 Å². The van der Waals surface area contributed by atoms with Crippen LogP contribution in [0.1, 0.15) is 0 Å². The summed E-state index contributed by atoms with van der Waals surface area (Å²) >= 11 is -0.931. The van der Waals surface area contributed by atoms with Gasteiger partial charge in [-0.25, -0.2) is 0 Å². The Morgan fingerprint density at radius 2 is 1.17 bits per heavy atom. The molecular weight excluding hydrogens is 209 g/mol. The van der Waals surface area contributed by atoms with Crippen molar-refractivity contribution in [3.8, 4) is 0 Å². The average Bonchev–Trinajstić information content (AvgIpc) is 0.918. The number of halogens is 3. The maximum atomic E-state index is 4.95. The predicted octanol–water partition coefficient (Wildman–Crippen LogP) is 0.123. The van der Waals surface area contributed by atoms with E-state index in [4.69, 9.17) is 12.8 Å². The first-order valence-electron chi connectivity index (χ1n) is 0.535. The Morgan fingerprint density at radius 3 is 1.17 bits per heavy atom. The second-order valence-corrected chi connectivity index (χ2v) is 3.75. The zero-order valence-electron chi connectivity index (χ0n) is 1.87. The first-order valence-corrected chi connectivity index (χ1v) is 6.61. The zero-order valence-corrected chi connectivity index (χ0v) is 6.41. The van der Waals surface area contributed by atoms with Crippen molar-refractivity contribution >= 4 is 137 Å². The van der Waals surface area contributed by atoms with Crippen LogP contribution in [0.25, 0.3) is 0 Å². The van der Waals surface area contributed by atoms with Crippen molar-refractivity contribution in [3.63, 3.8) is 0 Å². The normalized spacial score (nSPS) is 1.67. The van der Waals surface area contributed by atoms with Gasteiger partial charge in [-0.15, -0.1) is 12.4 Å². The fraction of sp³-hybridized carbons (Fsp3) is 0. The second kappa shape index (κ2) is 22.6. The van der Waals surface area contributed by atoms with E-state index in [2.05, 4.69) is 0 Å².